The van der Waals surface area contributed by atoms with Crippen molar-refractivity contribution in [1.82, 2.24) is 9.21 Å². The van der Waals surface area contributed by atoms with Gasteiger partial charge in [0.15, 0.2) is 0 Å². The second-order valence-corrected chi connectivity index (χ2v) is 12.7. The van der Waals surface area contributed by atoms with E-state index in [1.165, 1.54) is 11.4 Å². The smallest absolute Gasteiger partial charge is 0.258 e. The van der Waals surface area contributed by atoms with Gasteiger partial charge in [0.05, 0.1) is 36.1 Å². The van der Waals surface area contributed by atoms with Crippen LogP contribution in [0.3, 0.4) is 0 Å². The number of benzene rings is 3. The summed E-state index contributed by atoms with van der Waals surface area (Å²) in [5, 5.41) is 12.8. The molecule has 9 nitrogen and oxygen atoms in total. The first-order valence-corrected chi connectivity index (χ1v) is 15.0. The minimum atomic E-state index is -3.78. The standard InChI is InChI=1S/C31H37N3O6S/c1-21-10-13-26(14-11-21)41(38,39)33(4)19-29-22(2)18-34(23(3)20-35)31(37)27-17-25(12-15-28(27)40-29)32-30(36)16-24-8-6-5-7-9-24/h5-15,17,22-23,29,35H,16,18-20H2,1-4H3,(H,32,36)/t22-,23+,29+/m0/s1. The Morgan fingerprint density at radius 1 is 1.12 bits per heavy atom. The summed E-state index contributed by atoms with van der Waals surface area (Å²) in [4.78, 5) is 28.1. The fourth-order valence-corrected chi connectivity index (χ4v) is 5.93. The summed E-state index contributed by atoms with van der Waals surface area (Å²) >= 11 is 0. The highest BCUT2D eigenvalue weighted by Crippen LogP contribution is 2.31. The Labute approximate surface area is 241 Å². The van der Waals surface area contributed by atoms with Gasteiger partial charge in [0.2, 0.25) is 15.9 Å². The average molecular weight is 580 g/mol. The van der Waals surface area contributed by atoms with E-state index in [1.807, 2.05) is 44.2 Å². The SMILES string of the molecule is Cc1ccc(S(=O)(=O)N(C)C[C@H]2Oc3ccc(NC(=O)Cc4ccccc4)cc3C(=O)N([C@H](C)CO)C[C@@H]2C)cc1. The zero-order chi connectivity index (χ0) is 29.7. The van der Waals surface area contributed by atoms with Crippen LogP contribution in [0.4, 0.5) is 5.69 Å². The second kappa shape index (κ2) is 12.8. The monoisotopic (exact) mass is 579 g/mol. The minimum Gasteiger partial charge on any atom is -0.488 e. The molecule has 0 saturated heterocycles. The van der Waals surface area contributed by atoms with Crippen LogP contribution in [-0.2, 0) is 21.2 Å². The van der Waals surface area contributed by atoms with Gasteiger partial charge < -0.3 is 20.1 Å². The third-order valence-electron chi connectivity index (χ3n) is 7.32. The number of nitrogens with one attached hydrogen (secondary N) is 1. The van der Waals surface area contributed by atoms with Crippen molar-refractivity contribution in [3.8, 4) is 5.75 Å². The molecule has 0 fully saturated rings. The van der Waals surface area contributed by atoms with Crippen molar-refractivity contribution in [3.63, 3.8) is 0 Å². The number of aryl methyl sites for hydroxylation is 1. The number of hydrogen-bond acceptors (Lipinski definition) is 6. The lowest BCUT2D eigenvalue weighted by Crippen LogP contribution is -2.50. The van der Waals surface area contributed by atoms with Crippen LogP contribution in [0.15, 0.2) is 77.7 Å². The second-order valence-electron chi connectivity index (χ2n) is 10.6. The summed E-state index contributed by atoms with van der Waals surface area (Å²) in [6, 6.07) is 20.4. The Bertz CT molecular complexity index is 1480. The van der Waals surface area contributed by atoms with Gasteiger partial charge in [0, 0.05) is 25.2 Å². The lowest BCUT2D eigenvalue weighted by Gasteiger charge is -2.38. The largest absolute Gasteiger partial charge is 0.488 e. The maximum Gasteiger partial charge on any atom is 0.258 e. The summed E-state index contributed by atoms with van der Waals surface area (Å²) in [6.07, 6.45) is -0.420. The van der Waals surface area contributed by atoms with Crippen LogP contribution in [0.1, 0.15) is 35.3 Å². The van der Waals surface area contributed by atoms with E-state index < -0.39 is 22.2 Å². The van der Waals surface area contributed by atoms with Crippen molar-refractivity contribution in [1.29, 1.82) is 0 Å². The van der Waals surface area contributed by atoms with Crippen LogP contribution in [-0.4, -0.2) is 73.4 Å². The molecule has 1 aliphatic rings. The predicted octanol–water partition coefficient (Wildman–Crippen LogP) is 3.72. The molecule has 0 radical (unpaired) electrons. The van der Waals surface area contributed by atoms with Crippen LogP contribution in [0.5, 0.6) is 5.75 Å². The zero-order valence-electron chi connectivity index (χ0n) is 23.8. The van der Waals surface area contributed by atoms with Crippen LogP contribution >= 0.6 is 0 Å². The fraction of sp³-hybridized carbons (Fsp3) is 0.355. The summed E-state index contributed by atoms with van der Waals surface area (Å²) < 4.78 is 34.2. The van der Waals surface area contributed by atoms with E-state index in [1.54, 1.807) is 54.3 Å². The Morgan fingerprint density at radius 3 is 2.46 bits per heavy atom. The molecule has 1 heterocycles. The van der Waals surface area contributed by atoms with Crippen LogP contribution in [0.25, 0.3) is 0 Å². The van der Waals surface area contributed by atoms with Crippen LogP contribution in [0, 0.1) is 12.8 Å². The normalized spacial score (nSPS) is 18.2. The number of aliphatic hydroxyl groups excluding tert-OH is 1. The lowest BCUT2D eigenvalue weighted by atomic mass is 9.99. The van der Waals surface area contributed by atoms with Gasteiger partial charge in [-0.05, 0) is 49.7 Å². The number of anilines is 1. The molecule has 0 unspecified atom stereocenters. The Kier molecular flexibility index (Phi) is 9.47. The zero-order valence-corrected chi connectivity index (χ0v) is 24.6. The molecule has 0 saturated carbocycles. The average Bonchev–Trinajstić information content (AvgIpc) is 2.95. The van der Waals surface area contributed by atoms with Crippen molar-refractivity contribution >= 4 is 27.5 Å². The van der Waals surface area contributed by atoms with Crippen LogP contribution < -0.4 is 10.1 Å². The molecule has 1 aliphatic heterocycles. The molecule has 2 amide bonds. The first-order chi connectivity index (χ1) is 19.5. The number of rotatable bonds is 9. The van der Waals surface area contributed by atoms with Gasteiger partial charge in [0.25, 0.3) is 5.91 Å². The van der Waals surface area contributed by atoms with E-state index in [9.17, 15) is 23.1 Å². The Balaban J connectivity index is 1.61. The van der Waals surface area contributed by atoms with E-state index in [4.69, 9.17) is 4.74 Å². The first kappa shape index (κ1) is 30.2. The van der Waals surface area contributed by atoms with Gasteiger partial charge in [-0.3, -0.25) is 9.59 Å². The van der Waals surface area contributed by atoms with E-state index in [-0.39, 0.29) is 60.1 Å². The molecule has 0 aromatic heterocycles. The van der Waals surface area contributed by atoms with Gasteiger partial charge in [-0.15, -0.1) is 0 Å². The van der Waals surface area contributed by atoms with Gasteiger partial charge in [0.1, 0.15) is 11.9 Å². The molecular formula is C31H37N3O6S. The summed E-state index contributed by atoms with van der Waals surface area (Å²) in [5.74, 6) is -0.553. The number of nitrogens with zero attached hydrogens (tertiary/aromatic N) is 2. The number of ether oxygens (including phenoxy) is 1. The van der Waals surface area contributed by atoms with Gasteiger partial charge in [-0.25, -0.2) is 8.42 Å². The maximum absolute atomic E-state index is 13.7. The highest BCUT2D eigenvalue weighted by atomic mass is 32.2. The molecule has 0 bridgehead atoms. The number of sulfonamides is 1. The van der Waals surface area contributed by atoms with Crippen LogP contribution in [0.2, 0.25) is 0 Å². The number of likely N-dealkylation sites (N-methyl/N-ethyl adjacent to an activating group) is 1. The van der Waals surface area contributed by atoms with E-state index in [0.29, 0.717) is 5.69 Å². The summed E-state index contributed by atoms with van der Waals surface area (Å²) in [5.41, 5.74) is 2.48. The molecule has 10 heteroatoms. The van der Waals surface area contributed by atoms with Crippen molar-refractivity contribution < 1.29 is 27.9 Å². The topological polar surface area (TPSA) is 116 Å². The van der Waals surface area contributed by atoms with Crippen molar-refractivity contribution in [2.45, 2.75) is 44.2 Å². The summed E-state index contributed by atoms with van der Waals surface area (Å²) in [6.45, 7) is 5.58. The number of hydrogen-bond donors (Lipinski definition) is 2. The first-order valence-electron chi connectivity index (χ1n) is 13.6. The van der Waals surface area contributed by atoms with Gasteiger partial charge >= 0.3 is 0 Å². The van der Waals surface area contributed by atoms with Crippen molar-refractivity contribution in [3.05, 3.63) is 89.5 Å². The highest BCUT2D eigenvalue weighted by molar-refractivity contribution is 7.89. The number of amides is 2. The van der Waals surface area contributed by atoms with E-state index in [2.05, 4.69) is 5.32 Å². The molecule has 0 aliphatic carbocycles. The molecule has 3 aromatic carbocycles. The predicted molar refractivity (Wildman–Crippen MR) is 157 cm³/mol. The molecule has 41 heavy (non-hydrogen) atoms. The third-order valence-corrected chi connectivity index (χ3v) is 9.16. The molecule has 4 rings (SSSR count). The lowest BCUT2D eigenvalue weighted by molar-refractivity contribution is -0.115. The summed E-state index contributed by atoms with van der Waals surface area (Å²) in [7, 11) is -2.27. The fourth-order valence-electron chi connectivity index (χ4n) is 4.75. The van der Waals surface area contributed by atoms with E-state index >= 15 is 0 Å². The van der Waals surface area contributed by atoms with Gasteiger partial charge in [-0.1, -0.05) is 55.0 Å². The highest BCUT2D eigenvalue weighted by Gasteiger charge is 2.35. The Morgan fingerprint density at radius 2 is 1.80 bits per heavy atom. The molecule has 3 aromatic rings. The molecular weight excluding hydrogens is 542 g/mol. The maximum atomic E-state index is 13.7. The third kappa shape index (κ3) is 7.13. The Hall–Kier alpha value is -3.73. The minimum absolute atomic E-state index is 0.0436. The quantitative estimate of drug-likeness (QED) is 0.399. The van der Waals surface area contributed by atoms with Gasteiger partial charge in [-0.2, -0.15) is 4.31 Å². The molecule has 3 atom stereocenters. The van der Waals surface area contributed by atoms with E-state index in [0.717, 1.165) is 11.1 Å². The van der Waals surface area contributed by atoms with Crippen molar-refractivity contribution in [2.75, 3.05) is 32.1 Å². The molecule has 2 N–H and O–H groups in total. The number of fused-ring (bicyclic) bond motifs is 1. The molecule has 0 spiro atoms. The number of aliphatic hydroxyl groups is 1. The number of carbonyl (C=O) groups is 2. The number of carbonyl (C=O) groups excluding carboxylic acids is 2. The van der Waals surface area contributed by atoms with Crippen molar-refractivity contribution in [2.24, 2.45) is 5.92 Å². The molecule has 218 valence electrons.